The highest BCUT2D eigenvalue weighted by molar-refractivity contribution is 5.35. The largest absolute Gasteiger partial charge is 0.314 e. The molecule has 1 saturated heterocycles. The third-order valence-electron chi connectivity index (χ3n) is 4.47. The van der Waals surface area contributed by atoms with Crippen molar-refractivity contribution in [3.8, 4) is 0 Å². The molecule has 20 heavy (non-hydrogen) atoms. The average molecular weight is 274 g/mol. The van der Waals surface area contributed by atoms with Crippen molar-refractivity contribution in [2.75, 3.05) is 26.2 Å². The molecule has 0 radical (unpaired) electrons. The smallest absolute Gasteiger partial charge is 0.0374 e. The molecule has 1 aromatic rings. The van der Waals surface area contributed by atoms with Crippen molar-refractivity contribution in [2.24, 2.45) is 5.92 Å². The average Bonchev–Trinajstić information content (AvgIpc) is 2.41. The molecule has 112 valence electrons. The molecule has 0 aromatic heterocycles. The molecule has 2 nitrogen and oxygen atoms in total. The number of rotatable bonds is 4. The molecule has 0 saturated carbocycles. The van der Waals surface area contributed by atoms with Gasteiger partial charge in [0.15, 0.2) is 0 Å². The highest BCUT2D eigenvalue weighted by Gasteiger charge is 2.26. The van der Waals surface area contributed by atoms with Gasteiger partial charge in [0.25, 0.3) is 0 Å². The van der Waals surface area contributed by atoms with Gasteiger partial charge in [0.2, 0.25) is 0 Å². The van der Waals surface area contributed by atoms with E-state index >= 15 is 0 Å². The maximum Gasteiger partial charge on any atom is 0.0374 e. The summed E-state index contributed by atoms with van der Waals surface area (Å²) in [4.78, 5) is 2.66. The number of piperazine rings is 1. The van der Waals surface area contributed by atoms with Gasteiger partial charge in [0, 0.05) is 32.2 Å². The van der Waals surface area contributed by atoms with Gasteiger partial charge in [-0.15, -0.1) is 0 Å². The van der Waals surface area contributed by atoms with E-state index in [-0.39, 0.29) is 0 Å². The Balaban J connectivity index is 2.35. The van der Waals surface area contributed by atoms with E-state index in [1.54, 1.807) is 0 Å². The third-order valence-corrected chi connectivity index (χ3v) is 4.47. The van der Waals surface area contributed by atoms with Crippen LogP contribution in [0.25, 0.3) is 0 Å². The summed E-state index contributed by atoms with van der Waals surface area (Å²) in [6.07, 6.45) is 0. The number of nitrogens with one attached hydrogen (secondary N) is 1. The predicted molar refractivity (Wildman–Crippen MR) is 87.3 cm³/mol. The zero-order valence-corrected chi connectivity index (χ0v) is 13.7. The van der Waals surface area contributed by atoms with Gasteiger partial charge in [0.05, 0.1) is 0 Å². The van der Waals surface area contributed by atoms with Crippen LogP contribution in [0.3, 0.4) is 0 Å². The van der Waals surface area contributed by atoms with Gasteiger partial charge in [-0.25, -0.2) is 0 Å². The highest BCUT2D eigenvalue weighted by Crippen LogP contribution is 2.33. The Bertz CT molecular complexity index is 431. The summed E-state index contributed by atoms with van der Waals surface area (Å²) in [6, 6.07) is 7.60. The van der Waals surface area contributed by atoms with Gasteiger partial charge in [-0.3, -0.25) is 4.90 Å². The molecule has 0 spiro atoms. The van der Waals surface area contributed by atoms with Crippen LogP contribution in [0.4, 0.5) is 0 Å². The van der Waals surface area contributed by atoms with E-state index in [9.17, 15) is 0 Å². The lowest BCUT2D eigenvalue weighted by Gasteiger charge is -2.38. The van der Waals surface area contributed by atoms with Crippen LogP contribution in [0.2, 0.25) is 0 Å². The van der Waals surface area contributed by atoms with Crippen LogP contribution in [-0.4, -0.2) is 31.1 Å². The van der Waals surface area contributed by atoms with Gasteiger partial charge in [-0.05, 0) is 35.4 Å². The maximum atomic E-state index is 3.46. The van der Waals surface area contributed by atoms with Crippen LogP contribution in [0.1, 0.15) is 56.3 Å². The van der Waals surface area contributed by atoms with Crippen molar-refractivity contribution >= 4 is 0 Å². The Hall–Kier alpha value is -0.860. The number of hydrogen-bond donors (Lipinski definition) is 1. The van der Waals surface area contributed by atoms with Gasteiger partial charge < -0.3 is 5.32 Å². The molecule has 1 N–H and O–H groups in total. The summed E-state index contributed by atoms with van der Waals surface area (Å²) in [5.74, 6) is 1.25. The van der Waals surface area contributed by atoms with Crippen LogP contribution in [0, 0.1) is 12.8 Å². The van der Waals surface area contributed by atoms with Crippen molar-refractivity contribution < 1.29 is 0 Å². The molecule has 0 amide bonds. The van der Waals surface area contributed by atoms with E-state index in [0.29, 0.717) is 17.9 Å². The van der Waals surface area contributed by atoms with Crippen LogP contribution < -0.4 is 5.32 Å². The van der Waals surface area contributed by atoms with Crippen LogP contribution in [-0.2, 0) is 0 Å². The minimum Gasteiger partial charge on any atom is -0.314 e. The summed E-state index contributed by atoms with van der Waals surface area (Å²) < 4.78 is 0. The zero-order chi connectivity index (χ0) is 14.7. The normalized spacial score (nSPS) is 18.8. The van der Waals surface area contributed by atoms with E-state index in [1.807, 2.05) is 0 Å². The van der Waals surface area contributed by atoms with Crippen LogP contribution in [0.5, 0.6) is 0 Å². The zero-order valence-electron chi connectivity index (χ0n) is 13.7. The van der Waals surface area contributed by atoms with Crippen LogP contribution in [0.15, 0.2) is 18.2 Å². The molecule has 2 rings (SSSR count). The molecule has 1 unspecified atom stereocenters. The first-order chi connectivity index (χ1) is 9.50. The second-order valence-corrected chi connectivity index (χ2v) is 6.75. The van der Waals surface area contributed by atoms with Crippen LogP contribution >= 0.6 is 0 Å². The van der Waals surface area contributed by atoms with Gasteiger partial charge >= 0.3 is 0 Å². The Kier molecular flexibility index (Phi) is 5.22. The lowest BCUT2D eigenvalue weighted by atomic mass is 9.88. The minimum atomic E-state index is 0.552. The molecule has 0 aliphatic carbocycles. The summed E-state index contributed by atoms with van der Waals surface area (Å²) >= 11 is 0. The second kappa shape index (κ2) is 6.73. The lowest BCUT2D eigenvalue weighted by molar-refractivity contribution is 0.136. The Morgan fingerprint density at radius 1 is 1.05 bits per heavy atom. The monoisotopic (exact) mass is 274 g/mol. The third kappa shape index (κ3) is 3.42. The van der Waals surface area contributed by atoms with Crippen molar-refractivity contribution in [3.63, 3.8) is 0 Å². The molecule has 0 bridgehead atoms. The van der Waals surface area contributed by atoms with Crippen molar-refractivity contribution in [1.29, 1.82) is 0 Å². The van der Waals surface area contributed by atoms with Crippen molar-refractivity contribution in [1.82, 2.24) is 10.2 Å². The summed E-state index contributed by atoms with van der Waals surface area (Å²) in [5, 5.41) is 3.46. The molecular formula is C18H30N2. The number of benzene rings is 1. The summed E-state index contributed by atoms with van der Waals surface area (Å²) in [6.45, 7) is 16.1. The SMILES string of the molecule is Cc1ccc(C(C)C)cc1C(C(C)C)N1CCNCC1. The summed E-state index contributed by atoms with van der Waals surface area (Å²) in [7, 11) is 0. The number of aryl methyl sites for hydroxylation is 1. The van der Waals surface area contributed by atoms with Crippen molar-refractivity contribution in [3.05, 3.63) is 34.9 Å². The molecule has 1 atom stereocenters. The first kappa shape index (κ1) is 15.5. The molecular weight excluding hydrogens is 244 g/mol. The van der Waals surface area contributed by atoms with E-state index in [2.05, 4.69) is 63.0 Å². The van der Waals surface area contributed by atoms with E-state index in [1.165, 1.54) is 16.7 Å². The van der Waals surface area contributed by atoms with E-state index in [0.717, 1.165) is 26.2 Å². The highest BCUT2D eigenvalue weighted by atomic mass is 15.2. The first-order valence-electron chi connectivity index (χ1n) is 8.06. The number of nitrogens with zero attached hydrogens (tertiary/aromatic N) is 1. The number of hydrogen-bond acceptors (Lipinski definition) is 2. The van der Waals surface area contributed by atoms with E-state index in [4.69, 9.17) is 0 Å². The lowest BCUT2D eigenvalue weighted by Crippen LogP contribution is -2.46. The first-order valence-corrected chi connectivity index (χ1v) is 8.06. The quantitative estimate of drug-likeness (QED) is 0.900. The Morgan fingerprint density at radius 3 is 2.25 bits per heavy atom. The van der Waals surface area contributed by atoms with Crippen molar-refractivity contribution in [2.45, 2.75) is 46.6 Å². The molecule has 2 heteroatoms. The van der Waals surface area contributed by atoms with Gasteiger partial charge in [-0.1, -0.05) is 45.9 Å². The topological polar surface area (TPSA) is 15.3 Å². The fourth-order valence-electron chi connectivity index (χ4n) is 3.27. The van der Waals surface area contributed by atoms with E-state index < -0.39 is 0 Å². The fraction of sp³-hybridized carbons (Fsp3) is 0.667. The predicted octanol–water partition coefficient (Wildman–Crippen LogP) is 3.72. The Morgan fingerprint density at radius 2 is 1.70 bits per heavy atom. The molecule has 1 aliphatic heterocycles. The molecule has 1 fully saturated rings. The minimum absolute atomic E-state index is 0.552. The fourth-order valence-corrected chi connectivity index (χ4v) is 3.27. The maximum absolute atomic E-state index is 3.46. The molecule has 1 heterocycles. The second-order valence-electron chi connectivity index (χ2n) is 6.75. The molecule has 1 aromatic carbocycles. The van der Waals surface area contributed by atoms with Gasteiger partial charge in [-0.2, -0.15) is 0 Å². The Labute approximate surface area is 124 Å². The standard InChI is InChI=1S/C18H30N2/c1-13(2)16-7-6-15(5)17(12-16)18(14(3)4)20-10-8-19-9-11-20/h6-7,12-14,18-19H,8-11H2,1-5H3. The van der Waals surface area contributed by atoms with Gasteiger partial charge in [0.1, 0.15) is 0 Å². The molecule has 1 aliphatic rings. The summed E-state index contributed by atoms with van der Waals surface area (Å²) in [5.41, 5.74) is 4.44.